The van der Waals surface area contributed by atoms with Gasteiger partial charge in [-0.1, -0.05) is 18.2 Å². The topological polar surface area (TPSA) is 58.6 Å². The van der Waals surface area contributed by atoms with Crippen LogP contribution in [0.2, 0.25) is 0 Å². The summed E-state index contributed by atoms with van der Waals surface area (Å²) in [7, 11) is -3.53. The molecule has 0 aliphatic carbocycles. The van der Waals surface area contributed by atoms with Crippen LogP contribution in [0.1, 0.15) is 11.6 Å². The van der Waals surface area contributed by atoms with Crippen LogP contribution in [0.25, 0.3) is 0 Å². The van der Waals surface area contributed by atoms with E-state index in [1.807, 2.05) is 0 Å². The van der Waals surface area contributed by atoms with Crippen LogP contribution in [0, 0.1) is 5.82 Å². The van der Waals surface area contributed by atoms with Gasteiger partial charge in [0, 0.05) is 25.7 Å². The highest BCUT2D eigenvalue weighted by atomic mass is 32.2. The molecule has 0 bridgehead atoms. The van der Waals surface area contributed by atoms with Crippen LogP contribution in [0.5, 0.6) is 0 Å². The van der Waals surface area contributed by atoms with E-state index in [-0.39, 0.29) is 18.4 Å². The van der Waals surface area contributed by atoms with Gasteiger partial charge in [-0.25, -0.2) is 17.5 Å². The number of halogens is 1. The van der Waals surface area contributed by atoms with Crippen molar-refractivity contribution in [2.45, 2.75) is 10.3 Å². The van der Waals surface area contributed by atoms with E-state index in [1.165, 1.54) is 23.5 Å². The van der Waals surface area contributed by atoms with Crippen LogP contribution in [-0.2, 0) is 14.8 Å². The molecule has 2 aromatic rings. The third-order valence-corrected chi connectivity index (χ3v) is 6.79. The number of sulfonamides is 1. The molecule has 24 heavy (non-hydrogen) atoms. The SMILES string of the molecule is O=S(=O)(NC[C@@H](c1ccc(F)cc1)N1CCOCC1)c1cccs1. The molecule has 0 radical (unpaired) electrons. The van der Waals surface area contributed by atoms with Crippen LogP contribution in [0.4, 0.5) is 4.39 Å². The number of morpholine rings is 1. The van der Waals surface area contributed by atoms with E-state index in [2.05, 4.69) is 9.62 Å². The van der Waals surface area contributed by atoms with Crippen LogP contribution < -0.4 is 4.72 Å². The summed E-state index contributed by atoms with van der Waals surface area (Å²) in [6.45, 7) is 2.86. The zero-order valence-corrected chi connectivity index (χ0v) is 14.7. The minimum absolute atomic E-state index is 0.163. The maximum Gasteiger partial charge on any atom is 0.250 e. The number of ether oxygens (including phenoxy) is 1. The lowest BCUT2D eigenvalue weighted by molar-refractivity contribution is 0.0172. The number of hydrogen-bond acceptors (Lipinski definition) is 5. The van der Waals surface area contributed by atoms with Crippen molar-refractivity contribution in [2.75, 3.05) is 32.8 Å². The largest absolute Gasteiger partial charge is 0.379 e. The number of nitrogens with zero attached hydrogens (tertiary/aromatic N) is 1. The zero-order valence-electron chi connectivity index (χ0n) is 13.0. The van der Waals surface area contributed by atoms with E-state index in [0.29, 0.717) is 30.5 Å². The lowest BCUT2D eigenvalue weighted by atomic mass is 10.0. The molecule has 1 aromatic carbocycles. The second kappa shape index (κ2) is 7.71. The Morgan fingerprint density at radius 3 is 2.54 bits per heavy atom. The molecular weight excluding hydrogens is 351 g/mol. The number of hydrogen-bond donors (Lipinski definition) is 1. The lowest BCUT2D eigenvalue weighted by Crippen LogP contribution is -2.43. The van der Waals surface area contributed by atoms with Gasteiger partial charge < -0.3 is 4.74 Å². The Hall–Kier alpha value is -1.32. The quantitative estimate of drug-likeness (QED) is 0.847. The monoisotopic (exact) mass is 370 g/mol. The average Bonchev–Trinajstić information content (AvgIpc) is 3.13. The fraction of sp³-hybridized carbons (Fsp3) is 0.375. The van der Waals surface area contributed by atoms with Crippen molar-refractivity contribution in [3.8, 4) is 0 Å². The van der Waals surface area contributed by atoms with Gasteiger partial charge in [0.05, 0.1) is 13.2 Å². The number of thiophene rings is 1. The Balaban J connectivity index is 1.78. The van der Waals surface area contributed by atoms with Crippen molar-refractivity contribution in [1.29, 1.82) is 0 Å². The van der Waals surface area contributed by atoms with Crippen molar-refractivity contribution in [1.82, 2.24) is 9.62 Å². The van der Waals surface area contributed by atoms with Gasteiger partial charge in [0.2, 0.25) is 10.0 Å². The third kappa shape index (κ3) is 4.20. The molecule has 0 saturated carbocycles. The molecule has 1 aromatic heterocycles. The molecular formula is C16H19FN2O3S2. The Morgan fingerprint density at radius 1 is 1.21 bits per heavy atom. The second-order valence-electron chi connectivity index (χ2n) is 5.50. The maximum atomic E-state index is 13.2. The molecule has 1 atom stereocenters. The van der Waals surface area contributed by atoms with Gasteiger partial charge in [-0.2, -0.15) is 0 Å². The van der Waals surface area contributed by atoms with Gasteiger partial charge in [-0.3, -0.25) is 4.90 Å². The molecule has 5 nitrogen and oxygen atoms in total. The molecule has 1 fully saturated rings. The second-order valence-corrected chi connectivity index (χ2v) is 8.44. The molecule has 130 valence electrons. The minimum Gasteiger partial charge on any atom is -0.379 e. The molecule has 3 rings (SSSR count). The van der Waals surface area contributed by atoms with Crippen LogP contribution in [0.15, 0.2) is 46.0 Å². The average molecular weight is 370 g/mol. The summed E-state index contributed by atoms with van der Waals surface area (Å²) in [6, 6.07) is 9.33. The molecule has 1 aliphatic heterocycles. The van der Waals surface area contributed by atoms with Gasteiger partial charge in [-0.05, 0) is 29.1 Å². The Labute approximate surface area is 145 Å². The van der Waals surface area contributed by atoms with Gasteiger partial charge in [0.1, 0.15) is 10.0 Å². The van der Waals surface area contributed by atoms with E-state index in [4.69, 9.17) is 4.74 Å². The highest BCUT2D eigenvalue weighted by Gasteiger charge is 2.25. The molecule has 1 saturated heterocycles. The van der Waals surface area contributed by atoms with E-state index in [0.717, 1.165) is 5.56 Å². The van der Waals surface area contributed by atoms with Crippen LogP contribution in [-0.4, -0.2) is 46.2 Å². The normalized spacial score (nSPS) is 17.7. The van der Waals surface area contributed by atoms with Crippen molar-refractivity contribution in [3.05, 3.63) is 53.2 Å². The fourth-order valence-electron chi connectivity index (χ4n) is 2.71. The van der Waals surface area contributed by atoms with Gasteiger partial charge in [0.25, 0.3) is 0 Å². The number of benzene rings is 1. The molecule has 0 amide bonds. The Bertz CT molecular complexity index is 742. The molecule has 2 heterocycles. The first kappa shape index (κ1) is 17.5. The van der Waals surface area contributed by atoms with Crippen molar-refractivity contribution in [2.24, 2.45) is 0 Å². The van der Waals surface area contributed by atoms with Gasteiger partial charge >= 0.3 is 0 Å². The van der Waals surface area contributed by atoms with E-state index in [9.17, 15) is 12.8 Å². The van der Waals surface area contributed by atoms with Gasteiger partial charge in [0.15, 0.2) is 0 Å². The summed E-state index contributed by atoms with van der Waals surface area (Å²) in [4.78, 5) is 2.16. The summed E-state index contributed by atoms with van der Waals surface area (Å²) in [5, 5.41) is 1.73. The first-order valence-corrected chi connectivity index (χ1v) is 10.0. The van der Waals surface area contributed by atoms with E-state index >= 15 is 0 Å². The lowest BCUT2D eigenvalue weighted by Gasteiger charge is -2.34. The molecule has 0 spiro atoms. The standard InChI is InChI=1S/C16H19FN2O3S2/c17-14-5-3-13(4-6-14)15(19-7-9-22-10-8-19)12-18-24(20,21)16-2-1-11-23-16/h1-6,11,15,18H,7-10,12H2/t15-/m0/s1. The minimum atomic E-state index is -3.53. The molecule has 0 unspecified atom stereocenters. The van der Waals surface area contributed by atoms with Crippen LogP contribution >= 0.6 is 11.3 Å². The predicted octanol–water partition coefficient (Wildman–Crippen LogP) is 2.24. The number of nitrogens with one attached hydrogen (secondary N) is 1. The summed E-state index contributed by atoms with van der Waals surface area (Å²) >= 11 is 1.18. The van der Waals surface area contributed by atoms with Crippen LogP contribution in [0.3, 0.4) is 0 Å². The zero-order chi connectivity index (χ0) is 17.0. The van der Waals surface area contributed by atoms with Crippen molar-refractivity contribution >= 4 is 21.4 Å². The Kier molecular flexibility index (Phi) is 5.62. The highest BCUT2D eigenvalue weighted by Crippen LogP contribution is 2.23. The fourth-order valence-corrected chi connectivity index (χ4v) is 4.78. The first-order valence-electron chi connectivity index (χ1n) is 7.67. The van der Waals surface area contributed by atoms with E-state index in [1.54, 1.807) is 29.6 Å². The van der Waals surface area contributed by atoms with Crippen molar-refractivity contribution in [3.63, 3.8) is 0 Å². The van der Waals surface area contributed by atoms with Gasteiger partial charge in [-0.15, -0.1) is 11.3 Å². The first-order chi connectivity index (χ1) is 11.6. The molecule has 1 aliphatic rings. The van der Waals surface area contributed by atoms with Crippen molar-refractivity contribution < 1.29 is 17.5 Å². The summed E-state index contributed by atoms with van der Waals surface area (Å²) in [5.41, 5.74) is 0.882. The molecule has 1 N–H and O–H groups in total. The smallest absolute Gasteiger partial charge is 0.250 e. The number of rotatable bonds is 6. The maximum absolute atomic E-state index is 13.2. The predicted molar refractivity (Wildman–Crippen MR) is 91.0 cm³/mol. The summed E-state index contributed by atoms with van der Waals surface area (Å²) in [6.07, 6.45) is 0. The highest BCUT2D eigenvalue weighted by molar-refractivity contribution is 7.91. The summed E-state index contributed by atoms with van der Waals surface area (Å²) in [5.74, 6) is -0.307. The third-order valence-electron chi connectivity index (χ3n) is 3.97. The van der Waals surface area contributed by atoms with E-state index < -0.39 is 10.0 Å². The molecule has 8 heteroatoms. The summed E-state index contributed by atoms with van der Waals surface area (Å²) < 4.78 is 46.3. The Morgan fingerprint density at radius 2 is 1.92 bits per heavy atom.